The van der Waals surface area contributed by atoms with E-state index in [1.165, 1.54) is 34.5 Å². The lowest BCUT2D eigenvalue weighted by atomic mass is 10.0. The van der Waals surface area contributed by atoms with Crippen molar-refractivity contribution in [2.24, 2.45) is 0 Å². The van der Waals surface area contributed by atoms with Gasteiger partial charge >= 0.3 is 0 Å². The highest BCUT2D eigenvalue weighted by Crippen LogP contribution is 2.43. The van der Waals surface area contributed by atoms with Gasteiger partial charge in [0.15, 0.2) is 0 Å². The predicted octanol–water partition coefficient (Wildman–Crippen LogP) is 3.68. The summed E-state index contributed by atoms with van der Waals surface area (Å²) in [4.78, 5) is 16.0. The van der Waals surface area contributed by atoms with Gasteiger partial charge in [0, 0.05) is 23.8 Å². The number of carbonyl (C=O) groups is 1. The number of benzene rings is 1. The van der Waals surface area contributed by atoms with Gasteiger partial charge in [0.05, 0.1) is 23.6 Å². The first kappa shape index (κ1) is 14.6. The van der Waals surface area contributed by atoms with Gasteiger partial charge < -0.3 is 15.5 Å². The third-order valence-electron chi connectivity index (χ3n) is 4.69. The third kappa shape index (κ3) is 2.70. The fraction of sp³-hybridized carbons (Fsp3) is 0.389. The van der Waals surface area contributed by atoms with Crippen molar-refractivity contribution < 1.29 is 4.79 Å². The lowest BCUT2D eigenvalue weighted by Gasteiger charge is -2.17. The molecule has 2 aromatic rings. The van der Waals surface area contributed by atoms with Crippen LogP contribution in [0.5, 0.6) is 0 Å². The summed E-state index contributed by atoms with van der Waals surface area (Å²) in [5.41, 5.74) is 5.56. The molecule has 0 radical (unpaired) electrons. The van der Waals surface area contributed by atoms with E-state index in [0.717, 1.165) is 17.9 Å². The van der Waals surface area contributed by atoms with Crippen LogP contribution in [0.1, 0.15) is 45.1 Å². The molecule has 1 saturated carbocycles. The molecule has 1 fully saturated rings. The van der Waals surface area contributed by atoms with E-state index in [9.17, 15) is 4.79 Å². The standard InChI is InChI=1S/C18H21N3OS/c1-11-3-6-15-17(21(2)10-20-15)14(11)8-19-18(22)13-7-16(23-9-13)12-4-5-12/h3,6-7,9,12,20H,4-5,8,10H2,1-2H3,(H,19,22). The fourth-order valence-corrected chi connectivity index (χ4v) is 4.21. The van der Waals surface area contributed by atoms with Gasteiger partial charge in [-0.1, -0.05) is 6.07 Å². The number of hydrogen-bond acceptors (Lipinski definition) is 4. The Balaban J connectivity index is 1.50. The van der Waals surface area contributed by atoms with Crippen molar-refractivity contribution in [3.63, 3.8) is 0 Å². The van der Waals surface area contributed by atoms with Crippen LogP contribution < -0.4 is 15.5 Å². The first-order valence-corrected chi connectivity index (χ1v) is 8.95. The SMILES string of the molecule is Cc1ccc2c(c1CNC(=O)c1csc(C3CC3)c1)N(C)CN2. The summed E-state index contributed by atoms with van der Waals surface area (Å²) < 4.78 is 0. The van der Waals surface area contributed by atoms with E-state index in [-0.39, 0.29) is 5.91 Å². The maximum absolute atomic E-state index is 12.4. The number of amides is 1. The number of carbonyl (C=O) groups excluding carboxylic acids is 1. The Hall–Kier alpha value is -2.01. The number of rotatable bonds is 4. The Morgan fingerprint density at radius 3 is 3.04 bits per heavy atom. The van der Waals surface area contributed by atoms with Crippen molar-refractivity contribution in [2.45, 2.75) is 32.2 Å². The van der Waals surface area contributed by atoms with Crippen molar-refractivity contribution in [3.8, 4) is 0 Å². The topological polar surface area (TPSA) is 44.4 Å². The Morgan fingerprint density at radius 2 is 2.26 bits per heavy atom. The van der Waals surface area contributed by atoms with Gasteiger partial charge in [-0.05, 0) is 48.9 Å². The van der Waals surface area contributed by atoms with E-state index < -0.39 is 0 Å². The van der Waals surface area contributed by atoms with Gasteiger partial charge in [0.25, 0.3) is 5.91 Å². The van der Waals surface area contributed by atoms with Crippen LogP contribution in [-0.4, -0.2) is 19.6 Å². The van der Waals surface area contributed by atoms with Crippen LogP contribution in [0.2, 0.25) is 0 Å². The summed E-state index contributed by atoms with van der Waals surface area (Å²) in [5, 5.41) is 8.45. The molecule has 1 aromatic carbocycles. The number of fused-ring (bicyclic) bond motifs is 1. The highest BCUT2D eigenvalue weighted by atomic mass is 32.1. The fourth-order valence-electron chi connectivity index (χ4n) is 3.15. The summed E-state index contributed by atoms with van der Waals surface area (Å²) in [6.07, 6.45) is 2.55. The minimum atomic E-state index is 0.0266. The summed E-state index contributed by atoms with van der Waals surface area (Å²) in [6, 6.07) is 6.29. The Morgan fingerprint density at radius 1 is 1.43 bits per heavy atom. The second-order valence-corrected chi connectivity index (χ2v) is 7.43. The maximum atomic E-state index is 12.4. The zero-order chi connectivity index (χ0) is 16.0. The lowest BCUT2D eigenvalue weighted by molar-refractivity contribution is 0.0951. The van der Waals surface area contributed by atoms with Crippen LogP contribution in [0.3, 0.4) is 0 Å². The van der Waals surface area contributed by atoms with Crippen molar-refractivity contribution in [1.82, 2.24) is 5.32 Å². The first-order chi connectivity index (χ1) is 11.1. The molecule has 120 valence electrons. The minimum absolute atomic E-state index is 0.0266. The second-order valence-electron chi connectivity index (χ2n) is 6.48. The van der Waals surface area contributed by atoms with Crippen LogP contribution in [0, 0.1) is 6.92 Å². The molecule has 0 atom stereocenters. The van der Waals surface area contributed by atoms with Crippen molar-refractivity contribution in [3.05, 3.63) is 45.1 Å². The molecule has 2 N–H and O–H groups in total. The molecule has 0 bridgehead atoms. The molecule has 2 heterocycles. The van der Waals surface area contributed by atoms with Crippen molar-refractivity contribution in [2.75, 3.05) is 23.9 Å². The molecule has 0 spiro atoms. The van der Waals surface area contributed by atoms with Crippen LogP contribution in [0.25, 0.3) is 0 Å². The van der Waals surface area contributed by atoms with E-state index in [0.29, 0.717) is 12.5 Å². The third-order valence-corrected chi connectivity index (χ3v) is 5.79. The van der Waals surface area contributed by atoms with Crippen molar-refractivity contribution >= 4 is 28.6 Å². The maximum Gasteiger partial charge on any atom is 0.252 e. The van der Waals surface area contributed by atoms with Gasteiger partial charge in [-0.15, -0.1) is 11.3 Å². The molecule has 4 nitrogen and oxygen atoms in total. The zero-order valence-electron chi connectivity index (χ0n) is 13.5. The molecule has 0 unspecified atom stereocenters. The van der Waals surface area contributed by atoms with E-state index in [1.807, 2.05) is 5.38 Å². The molecule has 4 rings (SSSR count). The highest BCUT2D eigenvalue weighted by molar-refractivity contribution is 7.10. The Bertz CT molecular complexity index is 764. The van der Waals surface area contributed by atoms with E-state index in [2.05, 4.69) is 47.7 Å². The number of hydrogen-bond donors (Lipinski definition) is 2. The second kappa shape index (κ2) is 5.57. The Labute approximate surface area is 140 Å². The largest absolute Gasteiger partial charge is 0.366 e. The van der Waals surface area contributed by atoms with Crippen LogP contribution in [0.4, 0.5) is 11.4 Å². The van der Waals surface area contributed by atoms with E-state index >= 15 is 0 Å². The Kier molecular flexibility index (Phi) is 3.53. The zero-order valence-corrected chi connectivity index (χ0v) is 14.3. The molecule has 1 aromatic heterocycles. The summed E-state index contributed by atoms with van der Waals surface area (Å²) in [7, 11) is 2.07. The molecule has 5 heteroatoms. The van der Waals surface area contributed by atoms with E-state index in [4.69, 9.17) is 0 Å². The summed E-state index contributed by atoms with van der Waals surface area (Å²) >= 11 is 1.71. The number of anilines is 2. The molecule has 1 amide bonds. The van der Waals surface area contributed by atoms with Gasteiger partial charge in [-0.2, -0.15) is 0 Å². The highest BCUT2D eigenvalue weighted by Gasteiger charge is 2.26. The van der Waals surface area contributed by atoms with Crippen LogP contribution >= 0.6 is 11.3 Å². The van der Waals surface area contributed by atoms with Crippen LogP contribution in [-0.2, 0) is 6.54 Å². The van der Waals surface area contributed by atoms with Crippen LogP contribution in [0.15, 0.2) is 23.6 Å². The molecule has 23 heavy (non-hydrogen) atoms. The molecular weight excluding hydrogens is 306 g/mol. The average molecular weight is 327 g/mol. The number of aryl methyl sites for hydroxylation is 1. The predicted molar refractivity (Wildman–Crippen MR) is 95.5 cm³/mol. The van der Waals surface area contributed by atoms with Gasteiger partial charge in [0.1, 0.15) is 0 Å². The molecule has 1 aliphatic heterocycles. The normalized spacial score (nSPS) is 16.2. The monoisotopic (exact) mass is 327 g/mol. The first-order valence-electron chi connectivity index (χ1n) is 8.07. The number of nitrogens with one attached hydrogen (secondary N) is 2. The molecule has 0 saturated heterocycles. The minimum Gasteiger partial charge on any atom is -0.366 e. The van der Waals surface area contributed by atoms with Gasteiger partial charge in [-0.3, -0.25) is 4.79 Å². The summed E-state index contributed by atoms with van der Waals surface area (Å²) in [5.74, 6) is 0.736. The average Bonchev–Trinajstić information content (AvgIpc) is 3.16. The number of nitrogens with zero attached hydrogens (tertiary/aromatic N) is 1. The number of thiophene rings is 1. The van der Waals surface area contributed by atoms with E-state index in [1.54, 1.807) is 11.3 Å². The van der Waals surface area contributed by atoms with Crippen molar-refractivity contribution in [1.29, 1.82) is 0 Å². The lowest BCUT2D eigenvalue weighted by Crippen LogP contribution is -2.24. The molecule has 2 aliphatic rings. The quantitative estimate of drug-likeness (QED) is 0.900. The molecular formula is C18H21N3OS. The molecule has 1 aliphatic carbocycles. The smallest absolute Gasteiger partial charge is 0.252 e. The van der Waals surface area contributed by atoms with Gasteiger partial charge in [-0.25, -0.2) is 0 Å². The van der Waals surface area contributed by atoms with Gasteiger partial charge in [0.2, 0.25) is 0 Å². The summed E-state index contributed by atoms with van der Waals surface area (Å²) in [6.45, 7) is 3.48.